The Bertz CT molecular complexity index is 855. The molecule has 1 aliphatic heterocycles. The molecule has 4 nitrogen and oxygen atoms in total. The van der Waals surface area contributed by atoms with Crippen LogP contribution in [0, 0.1) is 6.92 Å². The number of aromatic amines is 1. The third-order valence-electron chi connectivity index (χ3n) is 5.11. The van der Waals surface area contributed by atoms with Gasteiger partial charge in [0.15, 0.2) is 0 Å². The first kappa shape index (κ1) is 15.4. The Morgan fingerprint density at radius 3 is 2.96 bits per heavy atom. The molecule has 1 unspecified atom stereocenters. The largest absolute Gasteiger partial charge is 0.388 e. The summed E-state index contributed by atoms with van der Waals surface area (Å²) in [6.07, 6.45) is 3.24. The van der Waals surface area contributed by atoms with E-state index in [1.807, 2.05) is 6.20 Å². The first-order valence-electron chi connectivity index (χ1n) is 8.61. The van der Waals surface area contributed by atoms with Gasteiger partial charge in [0.05, 0.1) is 17.8 Å². The summed E-state index contributed by atoms with van der Waals surface area (Å²) in [7, 11) is 0. The Morgan fingerprint density at radius 2 is 2.08 bits per heavy atom. The van der Waals surface area contributed by atoms with Gasteiger partial charge in [-0.1, -0.05) is 24.3 Å². The topological polar surface area (TPSA) is 52.1 Å². The van der Waals surface area contributed by atoms with Crippen LogP contribution in [-0.4, -0.2) is 33.3 Å². The molecule has 2 N–H and O–H groups in total. The Hall–Kier alpha value is -2.17. The summed E-state index contributed by atoms with van der Waals surface area (Å²) in [6, 6.07) is 12.8. The predicted octanol–water partition coefficient (Wildman–Crippen LogP) is 3.35. The molecule has 2 heterocycles. The van der Waals surface area contributed by atoms with Crippen molar-refractivity contribution in [2.45, 2.75) is 32.4 Å². The fourth-order valence-corrected chi connectivity index (χ4v) is 3.68. The smallest absolute Gasteiger partial charge is 0.0805 e. The number of hydrogen-bond acceptors (Lipinski definition) is 3. The van der Waals surface area contributed by atoms with Crippen molar-refractivity contribution in [3.63, 3.8) is 0 Å². The lowest BCUT2D eigenvalue weighted by Crippen LogP contribution is -2.32. The summed E-state index contributed by atoms with van der Waals surface area (Å²) >= 11 is 0. The minimum atomic E-state index is -0.429. The second-order valence-electron chi connectivity index (χ2n) is 6.77. The molecule has 3 aromatic rings. The fourth-order valence-electron chi connectivity index (χ4n) is 3.68. The van der Waals surface area contributed by atoms with E-state index in [9.17, 15) is 5.11 Å². The zero-order chi connectivity index (χ0) is 16.5. The number of hydrogen-bond donors (Lipinski definition) is 2. The molecule has 0 spiro atoms. The van der Waals surface area contributed by atoms with E-state index in [4.69, 9.17) is 0 Å². The van der Waals surface area contributed by atoms with E-state index in [0.717, 1.165) is 54.5 Å². The third kappa shape index (κ3) is 2.95. The molecule has 1 atom stereocenters. The quantitative estimate of drug-likeness (QED) is 0.775. The van der Waals surface area contributed by atoms with E-state index in [-0.39, 0.29) is 0 Å². The van der Waals surface area contributed by atoms with E-state index in [2.05, 4.69) is 58.4 Å². The highest BCUT2D eigenvalue weighted by Gasteiger charge is 2.18. The van der Waals surface area contributed by atoms with Crippen molar-refractivity contribution in [2.75, 3.05) is 13.1 Å². The number of fused-ring (bicyclic) bond motifs is 2. The van der Waals surface area contributed by atoms with Gasteiger partial charge in [0.1, 0.15) is 0 Å². The van der Waals surface area contributed by atoms with Crippen LogP contribution in [0.1, 0.15) is 34.8 Å². The van der Waals surface area contributed by atoms with Crippen molar-refractivity contribution >= 4 is 10.9 Å². The van der Waals surface area contributed by atoms with Crippen LogP contribution in [-0.2, 0) is 13.0 Å². The SMILES string of the molecule is Cc1cc2[nH]ncc2cc1C(O)CCN1CCc2ccccc2C1. The summed E-state index contributed by atoms with van der Waals surface area (Å²) in [5.74, 6) is 0. The fraction of sp³-hybridized carbons (Fsp3) is 0.350. The number of nitrogens with one attached hydrogen (secondary N) is 1. The molecule has 24 heavy (non-hydrogen) atoms. The number of aliphatic hydroxyl groups excluding tert-OH is 1. The zero-order valence-electron chi connectivity index (χ0n) is 14.0. The molecule has 2 aromatic carbocycles. The van der Waals surface area contributed by atoms with Crippen LogP contribution >= 0.6 is 0 Å². The average molecular weight is 321 g/mol. The molecule has 0 aliphatic carbocycles. The number of aryl methyl sites for hydroxylation is 1. The Kier molecular flexibility index (Phi) is 4.08. The summed E-state index contributed by atoms with van der Waals surface area (Å²) in [5.41, 5.74) is 6.05. The number of H-pyrrole nitrogens is 1. The molecule has 0 amide bonds. The van der Waals surface area contributed by atoms with Crippen LogP contribution in [0.15, 0.2) is 42.6 Å². The summed E-state index contributed by atoms with van der Waals surface area (Å²) < 4.78 is 0. The van der Waals surface area contributed by atoms with Crippen molar-refractivity contribution in [3.05, 3.63) is 64.8 Å². The van der Waals surface area contributed by atoms with Gasteiger partial charge in [-0.2, -0.15) is 5.10 Å². The maximum absolute atomic E-state index is 10.7. The van der Waals surface area contributed by atoms with Crippen molar-refractivity contribution in [1.82, 2.24) is 15.1 Å². The van der Waals surface area contributed by atoms with Gasteiger partial charge >= 0.3 is 0 Å². The van der Waals surface area contributed by atoms with Gasteiger partial charge in [-0.25, -0.2) is 0 Å². The Labute approximate surface area is 142 Å². The molecule has 0 radical (unpaired) electrons. The lowest BCUT2D eigenvalue weighted by molar-refractivity contribution is 0.137. The van der Waals surface area contributed by atoms with E-state index >= 15 is 0 Å². The second-order valence-corrected chi connectivity index (χ2v) is 6.77. The predicted molar refractivity (Wildman–Crippen MR) is 95.8 cm³/mol. The molecule has 4 rings (SSSR count). The number of aliphatic hydroxyl groups is 1. The molecule has 1 aromatic heterocycles. The van der Waals surface area contributed by atoms with E-state index < -0.39 is 6.10 Å². The second kappa shape index (κ2) is 6.38. The number of nitrogens with zero attached hydrogens (tertiary/aromatic N) is 2. The maximum Gasteiger partial charge on any atom is 0.0805 e. The van der Waals surface area contributed by atoms with Gasteiger partial charge in [-0.3, -0.25) is 10.00 Å². The standard InChI is InChI=1S/C20H23N3O/c1-14-10-19-17(12-21-22-19)11-18(14)20(24)7-9-23-8-6-15-4-2-3-5-16(15)13-23/h2-5,10-12,20,24H,6-9,13H2,1H3,(H,21,22). The van der Waals surface area contributed by atoms with Crippen molar-refractivity contribution < 1.29 is 5.11 Å². The molecule has 0 bridgehead atoms. The summed E-state index contributed by atoms with van der Waals surface area (Å²) in [6.45, 7) is 5.03. The minimum Gasteiger partial charge on any atom is -0.388 e. The third-order valence-corrected chi connectivity index (χ3v) is 5.11. The molecule has 0 saturated carbocycles. The molecule has 0 fully saturated rings. The lowest BCUT2D eigenvalue weighted by Gasteiger charge is -2.29. The normalized spacial score (nSPS) is 16.2. The van der Waals surface area contributed by atoms with Crippen LogP contribution in [0.3, 0.4) is 0 Å². The highest BCUT2D eigenvalue weighted by atomic mass is 16.3. The maximum atomic E-state index is 10.7. The van der Waals surface area contributed by atoms with Crippen molar-refractivity contribution in [2.24, 2.45) is 0 Å². The average Bonchev–Trinajstić information content (AvgIpc) is 3.06. The number of benzene rings is 2. The van der Waals surface area contributed by atoms with Crippen LogP contribution < -0.4 is 0 Å². The van der Waals surface area contributed by atoms with E-state index in [1.165, 1.54) is 11.1 Å². The first-order chi connectivity index (χ1) is 11.7. The van der Waals surface area contributed by atoms with Crippen LogP contribution in [0.25, 0.3) is 10.9 Å². The summed E-state index contributed by atoms with van der Waals surface area (Å²) in [5, 5.41) is 18.8. The molecule has 124 valence electrons. The van der Waals surface area contributed by atoms with Gasteiger partial charge in [-0.15, -0.1) is 0 Å². The van der Waals surface area contributed by atoms with Gasteiger partial charge < -0.3 is 5.11 Å². The van der Waals surface area contributed by atoms with Gasteiger partial charge in [0.25, 0.3) is 0 Å². The highest BCUT2D eigenvalue weighted by Crippen LogP contribution is 2.26. The highest BCUT2D eigenvalue weighted by molar-refractivity contribution is 5.79. The molecule has 4 heteroatoms. The first-order valence-corrected chi connectivity index (χ1v) is 8.61. The van der Waals surface area contributed by atoms with Crippen molar-refractivity contribution in [3.8, 4) is 0 Å². The number of aromatic nitrogens is 2. The van der Waals surface area contributed by atoms with Crippen molar-refractivity contribution in [1.29, 1.82) is 0 Å². The molecular weight excluding hydrogens is 298 g/mol. The number of rotatable bonds is 4. The summed E-state index contributed by atoms with van der Waals surface area (Å²) in [4.78, 5) is 2.44. The van der Waals surface area contributed by atoms with Gasteiger partial charge in [0, 0.05) is 25.0 Å². The van der Waals surface area contributed by atoms with E-state index in [0.29, 0.717) is 0 Å². The zero-order valence-corrected chi connectivity index (χ0v) is 14.0. The molecule has 1 aliphatic rings. The van der Waals surface area contributed by atoms with Crippen LogP contribution in [0.5, 0.6) is 0 Å². The lowest BCUT2D eigenvalue weighted by atomic mass is 9.97. The van der Waals surface area contributed by atoms with E-state index in [1.54, 1.807) is 0 Å². The minimum absolute atomic E-state index is 0.429. The molecular formula is C20H23N3O. The van der Waals surface area contributed by atoms with Gasteiger partial charge in [-0.05, 0) is 54.2 Å². The Morgan fingerprint density at radius 1 is 1.25 bits per heavy atom. The van der Waals surface area contributed by atoms with Crippen LogP contribution in [0.2, 0.25) is 0 Å². The van der Waals surface area contributed by atoms with Gasteiger partial charge in [0.2, 0.25) is 0 Å². The van der Waals surface area contributed by atoms with Crippen LogP contribution in [0.4, 0.5) is 0 Å². The molecule has 0 saturated heterocycles. The Balaban J connectivity index is 1.43. The monoisotopic (exact) mass is 321 g/mol.